The molecule has 3 aromatic carbocycles. The lowest BCUT2D eigenvalue weighted by atomic mass is 10.1. The van der Waals surface area contributed by atoms with E-state index in [0.717, 1.165) is 11.1 Å². The summed E-state index contributed by atoms with van der Waals surface area (Å²) in [6, 6.07) is 20.5. The van der Waals surface area contributed by atoms with Crippen LogP contribution in [0, 0.1) is 0 Å². The number of carbonyl (C=O) groups is 2. The molecule has 6 nitrogen and oxygen atoms in total. The van der Waals surface area contributed by atoms with E-state index in [-0.39, 0.29) is 11.8 Å². The lowest BCUT2D eigenvalue weighted by molar-refractivity contribution is 0.0943. The zero-order chi connectivity index (χ0) is 23.1. The van der Waals surface area contributed by atoms with E-state index in [1.165, 1.54) is 0 Å². The molecule has 3 rings (SSSR count). The quantitative estimate of drug-likeness (QED) is 0.381. The summed E-state index contributed by atoms with van der Waals surface area (Å²) in [5, 5.41) is 9.47. The fraction of sp³-hybridized carbons (Fsp3) is 0.0833. The maximum atomic E-state index is 12.3. The molecule has 0 spiro atoms. The molecule has 8 heteroatoms. The van der Waals surface area contributed by atoms with Crippen molar-refractivity contribution in [1.29, 1.82) is 0 Å². The van der Waals surface area contributed by atoms with Crippen LogP contribution in [0.1, 0.15) is 45.7 Å². The molecule has 162 valence electrons. The van der Waals surface area contributed by atoms with Gasteiger partial charge in [0.25, 0.3) is 11.8 Å². The first-order valence-electron chi connectivity index (χ1n) is 9.64. The average Bonchev–Trinajstić information content (AvgIpc) is 2.81. The smallest absolute Gasteiger partial charge is 0.267 e. The van der Waals surface area contributed by atoms with E-state index >= 15 is 0 Å². The van der Waals surface area contributed by atoms with Gasteiger partial charge in [-0.15, -0.1) is 0 Å². The van der Waals surface area contributed by atoms with Crippen molar-refractivity contribution in [2.75, 3.05) is 0 Å². The monoisotopic (exact) mass is 466 g/mol. The lowest BCUT2D eigenvalue weighted by Crippen LogP contribution is -2.21. The molecule has 0 aliphatic heterocycles. The number of hydrazone groups is 2. The number of nitrogens with one attached hydrogen (secondary N) is 2. The van der Waals surface area contributed by atoms with Gasteiger partial charge in [-0.05, 0) is 73.5 Å². The van der Waals surface area contributed by atoms with Crippen LogP contribution in [0.4, 0.5) is 0 Å². The van der Waals surface area contributed by atoms with Gasteiger partial charge in [0, 0.05) is 21.2 Å². The third-order valence-electron chi connectivity index (χ3n) is 4.58. The molecule has 0 saturated heterocycles. The summed E-state index contributed by atoms with van der Waals surface area (Å²) in [4.78, 5) is 24.7. The summed E-state index contributed by atoms with van der Waals surface area (Å²) in [6.07, 6.45) is 0. The number of amides is 2. The van der Waals surface area contributed by atoms with Gasteiger partial charge in [-0.2, -0.15) is 10.2 Å². The van der Waals surface area contributed by atoms with E-state index in [9.17, 15) is 9.59 Å². The van der Waals surface area contributed by atoms with Gasteiger partial charge in [-0.25, -0.2) is 10.9 Å². The molecule has 0 atom stereocenters. The maximum absolute atomic E-state index is 12.3. The topological polar surface area (TPSA) is 82.9 Å². The molecule has 0 aliphatic rings. The predicted molar refractivity (Wildman–Crippen MR) is 129 cm³/mol. The molecule has 0 aliphatic carbocycles. The van der Waals surface area contributed by atoms with E-state index in [2.05, 4.69) is 21.1 Å². The Morgan fingerprint density at radius 3 is 1.16 bits per heavy atom. The highest BCUT2D eigenvalue weighted by Gasteiger charge is 2.09. The number of nitrogens with zero attached hydrogens (tertiary/aromatic N) is 2. The standard InChI is InChI=1S/C24H20Cl2N4O2/c1-15(17-7-11-21(25)12-8-17)27-29-23(31)19-3-5-20(6-4-19)24(32)30-28-16(2)18-9-13-22(26)14-10-18/h3-14H,1-2H3,(H,29,31)(H,30,32). The summed E-state index contributed by atoms with van der Waals surface area (Å²) >= 11 is 11.8. The molecular weight excluding hydrogens is 447 g/mol. The number of carbonyl (C=O) groups excluding carboxylic acids is 2. The van der Waals surface area contributed by atoms with Gasteiger partial charge >= 0.3 is 0 Å². The van der Waals surface area contributed by atoms with Crippen LogP contribution in [0.2, 0.25) is 10.0 Å². The second-order valence-corrected chi connectivity index (χ2v) is 7.74. The largest absolute Gasteiger partial charge is 0.271 e. The van der Waals surface area contributed by atoms with Crippen molar-refractivity contribution in [3.8, 4) is 0 Å². The maximum Gasteiger partial charge on any atom is 0.271 e. The minimum Gasteiger partial charge on any atom is -0.267 e. The van der Waals surface area contributed by atoms with Crippen molar-refractivity contribution in [3.05, 3.63) is 105 Å². The van der Waals surface area contributed by atoms with Crippen LogP contribution in [0.5, 0.6) is 0 Å². The molecule has 2 N–H and O–H groups in total. The average molecular weight is 467 g/mol. The van der Waals surface area contributed by atoms with Crippen LogP contribution in [0.15, 0.2) is 83.0 Å². The van der Waals surface area contributed by atoms with E-state index in [1.807, 2.05) is 24.3 Å². The Kier molecular flexibility index (Phi) is 7.76. The first-order valence-corrected chi connectivity index (χ1v) is 10.4. The van der Waals surface area contributed by atoms with Gasteiger partial charge in [0.15, 0.2) is 0 Å². The molecule has 0 radical (unpaired) electrons. The SMILES string of the molecule is CC(=NNC(=O)c1ccc(C(=O)NN=C(C)c2ccc(Cl)cc2)cc1)c1ccc(Cl)cc1. The van der Waals surface area contributed by atoms with Crippen LogP contribution in [0.25, 0.3) is 0 Å². The number of halogens is 2. The Labute approximate surface area is 195 Å². The van der Waals surface area contributed by atoms with Gasteiger partial charge in [0.2, 0.25) is 0 Å². The highest BCUT2D eigenvalue weighted by atomic mass is 35.5. The second-order valence-electron chi connectivity index (χ2n) is 6.87. The minimum absolute atomic E-state index is 0.370. The Morgan fingerprint density at radius 2 is 0.844 bits per heavy atom. The van der Waals surface area contributed by atoms with E-state index in [4.69, 9.17) is 23.2 Å². The fourth-order valence-corrected chi connectivity index (χ4v) is 2.93. The van der Waals surface area contributed by atoms with Crippen molar-refractivity contribution in [1.82, 2.24) is 10.9 Å². The summed E-state index contributed by atoms with van der Waals surface area (Å²) in [5.41, 5.74) is 8.72. The first-order chi connectivity index (χ1) is 15.3. The Bertz CT molecular complexity index is 1080. The second kappa shape index (κ2) is 10.7. The zero-order valence-corrected chi connectivity index (χ0v) is 18.9. The van der Waals surface area contributed by atoms with Crippen molar-refractivity contribution in [3.63, 3.8) is 0 Å². The van der Waals surface area contributed by atoms with Gasteiger partial charge in [0.1, 0.15) is 0 Å². The summed E-state index contributed by atoms with van der Waals surface area (Å²) in [6.45, 7) is 3.56. The highest BCUT2D eigenvalue weighted by Crippen LogP contribution is 2.11. The molecule has 0 fully saturated rings. The normalized spacial score (nSPS) is 11.8. The van der Waals surface area contributed by atoms with Crippen molar-refractivity contribution >= 4 is 46.4 Å². The summed E-state index contributed by atoms with van der Waals surface area (Å²) < 4.78 is 0. The molecule has 3 aromatic rings. The molecule has 0 bridgehead atoms. The van der Waals surface area contributed by atoms with Crippen LogP contribution in [-0.4, -0.2) is 23.2 Å². The number of hydrogen-bond acceptors (Lipinski definition) is 4. The fourth-order valence-electron chi connectivity index (χ4n) is 2.68. The molecular formula is C24H20Cl2N4O2. The molecule has 0 aromatic heterocycles. The van der Waals surface area contributed by atoms with Crippen molar-refractivity contribution in [2.45, 2.75) is 13.8 Å². The Balaban J connectivity index is 1.59. The van der Waals surface area contributed by atoms with E-state index in [1.54, 1.807) is 62.4 Å². The van der Waals surface area contributed by atoms with E-state index in [0.29, 0.717) is 32.6 Å². The third kappa shape index (κ3) is 6.26. The Hall–Kier alpha value is -3.48. The molecule has 2 amide bonds. The van der Waals surface area contributed by atoms with Crippen LogP contribution < -0.4 is 10.9 Å². The number of benzene rings is 3. The highest BCUT2D eigenvalue weighted by molar-refractivity contribution is 6.31. The number of hydrogen-bond donors (Lipinski definition) is 2. The van der Waals surface area contributed by atoms with Gasteiger partial charge in [-0.3, -0.25) is 9.59 Å². The van der Waals surface area contributed by atoms with Gasteiger partial charge in [-0.1, -0.05) is 47.5 Å². The summed E-state index contributed by atoms with van der Waals surface area (Å²) in [7, 11) is 0. The zero-order valence-electron chi connectivity index (χ0n) is 17.4. The lowest BCUT2D eigenvalue weighted by Gasteiger charge is -2.05. The molecule has 0 saturated carbocycles. The Morgan fingerprint density at radius 1 is 0.562 bits per heavy atom. The van der Waals surface area contributed by atoms with Crippen molar-refractivity contribution in [2.24, 2.45) is 10.2 Å². The van der Waals surface area contributed by atoms with Crippen LogP contribution in [0.3, 0.4) is 0 Å². The van der Waals surface area contributed by atoms with Gasteiger partial charge < -0.3 is 0 Å². The van der Waals surface area contributed by atoms with Crippen molar-refractivity contribution < 1.29 is 9.59 Å². The predicted octanol–water partition coefficient (Wildman–Crippen LogP) is 5.30. The molecule has 0 unspecified atom stereocenters. The minimum atomic E-state index is -0.387. The van der Waals surface area contributed by atoms with E-state index < -0.39 is 0 Å². The number of rotatable bonds is 6. The molecule has 0 heterocycles. The molecule has 32 heavy (non-hydrogen) atoms. The van der Waals surface area contributed by atoms with Crippen LogP contribution >= 0.6 is 23.2 Å². The summed E-state index contributed by atoms with van der Waals surface area (Å²) in [5.74, 6) is -0.774. The van der Waals surface area contributed by atoms with Gasteiger partial charge in [0.05, 0.1) is 11.4 Å². The third-order valence-corrected chi connectivity index (χ3v) is 5.09. The van der Waals surface area contributed by atoms with Crippen LogP contribution in [-0.2, 0) is 0 Å². The first kappa shape index (κ1) is 23.2.